The summed E-state index contributed by atoms with van der Waals surface area (Å²) in [5, 5.41) is 12.1. The van der Waals surface area contributed by atoms with Gasteiger partial charge in [-0.2, -0.15) is 5.26 Å². The van der Waals surface area contributed by atoms with Crippen LogP contribution in [0.1, 0.15) is 29.5 Å². The molecule has 148 valence electrons. The monoisotopic (exact) mass is 395 g/mol. The van der Waals surface area contributed by atoms with Crippen LogP contribution in [0, 0.1) is 11.3 Å². The van der Waals surface area contributed by atoms with Crippen molar-refractivity contribution in [2.75, 3.05) is 5.32 Å². The largest absolute Gasteiger partial charge is 0.439 e. The third kappa shape index (κ3) is 4.70. The van der Waals surface area contributed by atoms with Crippen LogP contribution in [0.2, 0.25) is 0 Å². The van der Waals surface area contributed by atoms with Crippen LogP contribution in [-0.4, -0.2) is 15.0 Å². The molecule has 3 aromatic heterocycles. The van der Waals surface area contributed by atoms with Crippen molar-refractivity contribution in [3.63, 3.8) is 0 Å². The van der Waals surface area contributed by atoms with E-state index in [0.29, 0.717) is 35.1 Å². The highest BCUT2D eigenvalue weighted by atomic mass is 16.4. The maximum Gasteiger partial charge on any atom is 0.195 e. The number of rotatable bonds is 7. The Labute approximate surface area is 175 Å². The molecule has 0 radical (unpaired) electrons. The molecule has 0 aliphatic heterocycles. The Balaban J connectivity index is 1.43. The van der Waals surface area contributed by atoms with Crippen LogP contribution in [0.15, 0.2) is 71.4 Å². The van der Waals surface area contributed by atoms with Gasteiger partial charge in [0.25, 0.3) is 0 Å². The van der Waals surface area contributed by atoms with E-state index >= 15 is 0 Å². The fourth-order valence-corrected chi connectivity index (χ4v) is 3.08. The highest BCUT2D eigenvalue weighted by molar-refractivity contribution is 5.58. The van der Waals surface area contributed by atoms with E-state index < -0.39 is 0 Å². The van der Waals surface area contributed by atoms with Gasteiger partial charge in [-0.15, -0.1) is 0 Å². The van der Waals surface area contributed by atoms with Crippen LogP contribution in [0.3, 0.4) is 0 Å². The van der Waals surface area contributed by atoms with E-state index in [0.717, 1.165) is 24.2 Å². The Morgan fingerprint density at radius 3 is 2.63 bits per heavy atom. The number of hydrogen-bond acceptors (Lipinski definition) is 6. The number of nitriles is 1. The van der Waals surface area contributed by atoms with Gasteiger partial charge in [-0.1, -0.05) is 25.1 Å². The average Bonchev–Trinajstić information content (AvgIpc) is 3.27. The van der Waals surface area contributed by atoms with Crippen molar-refractivity contribution in [3.8, 4) is 17.5 Å². The summed E-state index contributed by atoms with van der Waals surface area (Å²) in [6.07, 6.45) is 5.92. The molecule has 0 saturated carbocycles. The zero-order chi connectivity index (χ0) is 20.8. The molecule has 0 bridgehead atoms. The molecule has 30 heavy (non-hydrogen) atoms. The first-order chi connectivity index (χ1) is 14.7. The van der Waals surface area contributed by atoms with Crippen molar-refractivity contribution < 1.29 is 4.42 Å². The Hall–Kier alpha value is -3.98. The first kappa shape index (κ1) is 19.3. The second-order valence-electron chi connectivity index (χ2n) is 6.86. The van der Waals surface area contributed by atoms with Crippen LogP contribution in [0.25, 0.3) is 11.5 Å². The number of aromatic nitrogens is 3. The first-order valence-electron chi connectivity index (χ1n) is 9.86. The number of nitrogens with one attached hydrogen (secondary N) is 1. The number of hydrogen-bond donors (Lipinski definition) is 1. The zero-order valence-corrected chi connectivity index (χ0v) is 16.7. The maximum atomic E-state index is 8.88. The summed E-state index contributed by atoms with van der Waals surface area (Å²) in [5.74, 6) is 2.75. The van der Waals surface area contributed by atoms with E-state index in [2.05, 4.69) is 33.3 Å². The predicted molar refractivity (Wildman–Crippen MR) is 115 cm³/mol. The van der Waals surface area contributed by atoms with E-state index in [1.807, 2.05) is 54.6 Å². The molecule has 1 N–H and O–H groups in total. The molecular formula is C24H21N5O. The number of anilines is 2. The summed E-state index contributed by atoms with van der Waals surface area (Å²) in [6, 6.07) is 19.4. The molecule has 0 aliphatic carbocycles. The molecule has 4 aromatic rings. The average molecular weight is 395 g/mol. The first-order valence-corrected chi connectivity index (χ1v) is 9.86. The van der Waals surface area contributed by atoms with Gasteiger partial charge in [0.2, 0.25) is 0 Å². The van der Waals surface area contributed by atoms with Gasteiger partial charge in [0.15, 0.2) is 11.7 Å². The van der Waals surface area contributed by atoms with Crippen LogP contribution in [0.4, 0.5) is 11.6 Å². The smallest absolute Gasteiger partial charge is 0.195 e. The van der Waals surface area contributed by atoms with Crippen LogP contribution < -0.4 is 5.32 Å². The highest BCUT2D eigenvalue weighted by Crippen LogP contribution is 2.22. The Bertz CT molecular complexity index is 1170. The van der Waals surface area contributed by atoms with Crippen molar-refractivity contribution in [1.82, 2.24) is 15.0 Å². The van der Waals surface area contributed by atoms with Gasteiger partial charge in [0, 0.05) is 12.6 Å². The fraction of sp³-hybridized carbons (Fsp3) is 0.167. The van der Waals surface area contributed by atoms with Gasteiger partial charge in [-0.3, -0.25) is 0 Å². The summed E-state index contributed by atoms with van der Waals surface area (Å²) >= 11 is 0. The fourth-order valence-electron chi connectivity index (χ4n) is 3.08. The molecular weight excluding hydrogens is 374 g/mol. The molecule has 0 spiro atoms. The van der Waals surface area contributed by atoms with Gasteiger partial charge < -0.3 is 9.73 Å². The summed E-state index contributed by atoms with van der Waals surface area (Å²) in [6.45, 7) is 2.11. The molecule has 0 atom stereocenters. The van der Waals surface area contributed by atoms with E-state index in [9.17, 15) is 0 Å². The molecule has 3 heterocycles. The second kappa shape index (κ2) is 9.01. The normalized spacial score (nSPS) is 10.5. The lowest BCUT2D eigenvalue weighted by molar-refractivity contribution is 0.504. The lowest BCUT2D eigenvalue weighted by atomic mass is 10.1. The van der Waals surface area contributed by atoms with Crippen molar-refractivity contribution >= 4 is 11.6 Å². The van der Waals surface area contributed by atoms with Crippen molar-refractivity contribution in [2.45, 2.75) is 26.2 Å². The van der Waals surface area contributed by atoms with Crippen LogP contribution >= 0.6 is 0 Å². The standard InChI is InChI=1S/C24H21N5O/c1-2-17-12-13-26-23(14-17)29-22-5-3-4-20(28-22)21-16-27-24(30-21)11-10-18-6-8-19(15-25)9-7-18/h3-9,12-14,16H,2,10-11H2,1H3,(H,26,28,29). The minimum absolute atomic E-state index is 0.628. The molecule has 0 unspecified atom stereocenters. The Morgan fingerprint density at radius 2 is 1.83 bits per heavy atom. The van der Waals surface area contributed by atoms with Gasteiger partial charge in [0.05, 0.1) is 17.8 Å². The van der Waals surface area contributed by atoms with Crippen LogP contribution in [0.5, 0.6) is 0 Å². The minimum Gasteiger partial charge on any atom is -0.439 e. The molecule has 0 aliphatic rings. The SMILES string of the molecule is CCc1ccnc(Nc2cccc(-c3cnc(CCc4ccc(C#N)cc4)o3)n2)c1. The third-order valence-electron chi connectivity index (χ3n) is 4.75. The number of aryl methyl sites for hydroxylation is 3. The predicted octanol–water partition coefficient (Wildman–Crippen LogP) is 5.09. The molecule has 6 nitrogen and oxygen atoms in total. The van der Waals surface area contributed by atoms with E-state index in [1.54, 1.807) is 12.4 Å². The summed E-state index contributed by atoms with van der Waals surface area (Å²) in [5.41, 5.74) is 3.72. The summed E-state index contributed by atoms with van der Waals surface area (Å²) in [7, 11) is 0. The van der Waals surface area contributed by atoms with Gasteiger partial charge in [-0.25, -0.2) is 15.0 Å². The highest BCUT2D eigenvalue weighted by Gasteiger charge is 2.09. The number of pyridine rings is 2. The van der Waals surface area contributed by atoms with Gasteiger partial charge >= 0.3 is 0 Å². The van der Waals surface area contributed by atoms with E-state index in [-0.39, 0.29) is 0 Å². The van der Waals surface area contributed by atoms with Gasteiger partial charge in [0.1, 0.15) is 17.3 Å². The second-order valence-corrected chi connectivity index (χ2v) is 6.86. The van der Waals surface area contributed by atoms with E-state index in [4.69, 9.17) is 9.68 Å². The number of nitrogens with zero attached hydrogens (tertiary/aromatic N) is 4. The Morgan fingerprint density at radius 1 is 0.967 bits per heavy atom. The van der Waals surface area contributed by atoms with E-state index in [1.165, 1.54) is 5.56 Å². The zero-order valence-electron chi connectivity index (χ0n) is 16.7. The molecule has 0 saturated heterocycles. The van der Waals surface area contributed by atoms with Crippen molar-refractivity contribution in [2.24, 2.45) is 0 Å². The number of oxazole rings is 1. The quantitative estimate of drug-likeness (QED) is 0.469. The lowest BCUT2D eigenvalue weighted by Crippen LogP contribution is -1.97. The van der Waals surface area contributed by atoms with Gasteiger partial charge in [-0.05, 0) is 60.4 Å². The number of benzene rings is 1. The maximum absolute atomic E-state index is 8.88. The molecule has 0 fully saturated rings. The molecule has 4 rings (SSSR count). The van der Waals surface area contributed by atoms with Crippen LogP contribution in [-0.2, 0) is 19.3 Å². The topological polar surface area (TPSA) is 87.6 Å². The summed E-state index contributed by atoms with van der Waals surface area (Å²) < 4.78 is 5.91. The third-order valence-corrected chi connectivity index (χ3v) is 4.75. The lowest BCUT2D eigenvalue weighted by Gasteiger charge is -2.07. The molecule has 6 heteroatoms. The van der Waals surface area contributed by atoms with Crippen molar-refractivity contribution in [3.05, 3.63) is 89.6 Å². The summed E-state index contributed by atoms with van der Waals surface area (Å²) in [4.78, 5) is 13.4. The molecule has 1 aromatic carbocycles. The van der Waals surface area contributed by atoms with Crippen molar-refractivity contribution in [1.29, 1.82) is 5.26 Å². The Kier molecular flexibility index (Phi) is 5.81. The minimum atomic E-state index is 0.628. The molecule has 0 amide bonds.